The molecule has 1 atom stereocenters. The van der Waals surface area contributed by atoms with Crippen molar-refractivity contribution in [3.63, 3.8) is 0 Å². The third kappa shape index (κ3) is 3.82. The predicted octanol–water partition coefficient (Wildman–Crippen LogP) is 2.33. The minimum atomic E-state index is -0.0603. The van der Waals surface area contributed by atoms with Gasteiger partial charge >= 0.3 is 0 Å². The van der Waals surface area contributed by atoms with Crippen LogP contribution in [0.2, 0.25) is 0 Å². The van der Waals surface area contributed by atoms with Crippen molar-refractivity contribution in [2.45, 2.75) is 27.3 Å². The van der Waals surface area contributed by atoms with Crippen LogP contribution >= 0.6 is 11.3 Å². The summed E-state index contributed by atoms with van der Waals surface area (Å²) in [7, 11) is 0. The average Bonchev–Trinajstić information content (AvgIpc) is 2.78. The zero-order valence-electron chi connectivity index (χ0n) is 10.8. The molecule has 96 valence electrons. The first-order chi connectivity index (χ1) is 8.10. The van der Waals surface area contributed by atoms with Crippen LogP contribution < -0.4 is 5.73 Å². The maximum absolute atomic E-state index is 12.3. The van der Waals surface area contributed by atoms with Crippen LogP contribution in [0.15, 0.2) is 17.5 Å². The Morgan fingerprint density at radius 3 is 2.65 bits per heavy atom. The summed E-state index contributed by atoms with van der Waals surface area (Å²) < 4.78 is 0. The monoisotopic (exact) mass is 254 g/mol. The highest BCUT2D eigenvalue weighted by atomic mass is 32.1. The van der Waals surface area contributed by atoms with Crippen LogP contribution in [0.3, 0.4) is 0 Å². The molecule has 0 spiro atoms. The Kier molecular flexibility index (Phi) is 5.65. The highest BCUT2D eigenvalue weighted by Gasteiger charge is 2.25. The molecule has 1 amide bonds. The molecule has 1 aromatic heterocycles. The number of hydrogen-bond donors (Lipinski definition) is 1. The molecule has 0 aromatic carbocycles. The molecule has 3 nitrogen and oxygen atoms in total. The van der Waals surface area contributed by atoms with E-state index in [-0.39, 0.29) is 11.8 Å². The Labute approximate surface area is 108 Å². The number of amides is 1. The Morgan fingerprint density at radius 1 is 1.53 bits per heavy atom. The summed E-state index contributed by atoms with van der Waals surface area (Å²) in [6, 6.07) is 4.08. The first-order valence-corrected chi connectivity index (χ1v) is 6.99. The van der Waals surface area contributed by atoms with Crippen molar-refractivity contribution in [2.24, 2.45) is 17.6 Å². The standard InChI is InChI=1S/C13H22N2OS/c1-4-15(9-11-6-5-7-17-11)13(16)12(8-14)10(2)3/h5-7,10,12H,4,8-9,14H2,1-3H3. The maximum Gasteiger partial charge on any atom is 0.227 e. The highest BCUT2D eigenvalue weighted by Crippen LogP contribution is 2.17. The summed E-state index contributed by atoms with van der Waals surface area (Å²) >= 11 is 1.69. The second-order valence-corrected chi connectivity index (χ2v) is 5.55. The van der Waals surface area contributed by atoms with Crippen LogP contribution in [-0.2, 0) is 11.3 Å². The fraction of sp³-hybridized carbons (Fsp3) is 0.615. The molecule has 0 aliphatic rings. The van der Waals surface area contributed by atoms with Gasteiger partial charge in [0.25, 0.3) is 0 Å². The van der Waals surface area contributed by atoms with Gasteiger partial charge in [-0.2, -0.15) is 0 Å². The third-order valence-corrected chi connectivity index (χ3v) is 3.86. The topological polar surface area (TPSA) is 46.3 Å². The normalized spacial score (nSPS) is 12.8. The number of hydrogen-bond acceptors (Lipinski definition) is 3. The number of carbonyl (C=O) groups is 1. The van der Waals surface area contributed by atoms with E-state index in [4.69, 9.17) is 5.73 Å². The molecular weight excluding hydrogens is 232 g/mol. The quantitative estimate of drug-likeness (QED) is 0.847. The van der Waals surface area contributed by atoms with Gasteiger partial charge in [0.1, 0.15) is 0 Å². The van der Waals surface area contributed by atoms with Gasteiger partial charge in [-0.3, -0.25) is 4.79 Å². The molecule has 4 heteroatoms. The smallest absolute Gasteiger partial charge is 0.227 e. The minimum absolute atomic E-state index is 0.0603. The molecule has 0 radical (unpaired) electrons. The molecule has 17 heavy (non-hydrogen) atoms. The van der Waals surface area contributed by atoms with E-state index in [1.54, 1.807) is 11.3 Å². The van der Waals surface area contributed by atoms with Gasteiger partial charge in [0.05, 0.1) is 12.5 Å². The molecule has 0 fully saturated rings. The third-order valence-electron chi connectivity index (χ3n) is 3.00. The lowest BCUT2D eigenvalue weighted by Gasteiger charge is -2.27. The Bertz CT molecular complexity index is 335. The molecule has 1 rings (SSSR count). The lowest BCUT2D eigenvalue weighted by atomic mass is 9.94. The lowest BCUT2D eigenvalue weighted by molar-refractivity contribution is -0.137. The van der Waals surface area contributed by atoms with E-state index in [9.17, 15) is 4.79 Å². The summed E-state index contributed by atoms with van der Waals surface area (Å²) in [5.74, 6) is 0.415. The summed E-state index contributed by atoms with van der Waals surface area (Å²) in [5, 5.41) is 2.04. The molecule has 1 aromatic rings. The number of nitrogens with zero attached hydrogens (tertiary/aromatic N) is 1. The second-order valence-electron chi connectivity index (χ2n) is 4.52. The van der Waals surface area contributed by atoms with Crippen molar-refractivity contribution >= 4 is 17.2 Å². The number of thiophene rings is 1. The number of carbonyl (C=O) groups excluding carboxylic acids is 1. The molecule has 0 aliphatic heterocycles. The largest absolute Gasteiger partial charge is 0.338 e. The molecule has 0 bridgehead atoms. The zero-order valence-corrected chi connectivity index (χ0v) is 11.7. The SMILES string of the molecule is CCN(Cc1cccs1)C(=O)C(CN)C(C)C. The average molecular weight is 254 g/mol. The Hall–Kier alpha value is -0.870. The van der Waals surface area contributed by atoms with Crippen LogP contribution in [-0.4, -0.2) is 23.9 Å². The number of nitrogens with two attached hydrogens (primary N) is 1. The first-order valence-electron chi connectivity index (χ1n) is 6.11. The molecule has 1 heterocycles. The van der Waals surface area contributed by atoms with E-state index < -0.39 is 0 Å². The molecular formula is C13H22N2OS. The van der Waals surface area contributed by atoms with Crippen molar-refractivity contribution in [3.8, 4) is 0 Å². The van der Waals surface area contributed by atoms with Gasteiger partial charge in [-0.1, -0.05) is 19.9 Å². The Morgan fingerprint density at radius 2 is 2.24 bits per heavy atom. The maximum atomic E-state index is 12.3. The van der Waals surface area contributed by atoms with Crippen LogP contribution in [0.1, 0.15) is 25.6 Å². The van der Waals surface area contributed by atoms with E-state index >= 15 is 0 Å². The minimum Gasteiger partial charge on any atom is -0.338 e. The van der Waals surface area contributed by atoms with E-state index in [0.717, 1.165) is 6.54 Å². The summed E-state index contributed by atoms with van der Waals surface area (Å²) in [6.07, 6.45) is 0. The molecule has 0 saturated heterocycles. The summed E-state index contributed by atoms with van der Waals surface area (Å²) in [6.45, 7) is 7.98. The van der Waals surface area contributed by atoms with Crippen LogP contribution in [0.5, 0.6) is 0 Å². The molecule has 0 saturated carbocycles. The summed E-state index contributed by atoms with van der Waals surface area (Å²) in [4.78, 5) is 15.4. The highest BCUT2D eigenvalue weighted by molar-refractivity contribution is 7.09. The van der Waals surface area contributed by atoms with Gasteiger partial charge in [0.15, 0.2) is 0 Å². The van der Waals surface area contributed by atoms with Gasteiger partial charge in [-0.05, 0) is 24.3 Å². The molecule has 0 aliphatic carbocycles. The van der Waals surface area contributed by atoms with Crippen molar-refractivity contribution in [1.82, 2.24) is 4.90 Å². The Balaban J connectivity index is 2.69. The number of rotatable bonds is 6. The van der Waals surface area contributed by atoms with Gasteiger partial charge in [-0.15, -0.1) is 11.3 Å². The van der Waals surface area contributed by atoms with E-state index in [1.165, 1.54) is 4.88 Å². The van der Waals surface area contributed by atoms with Crippen LogP contribution in [0, 0.1) is 11.8 Å². The van der Waals surface area contributed by atoms with Crippen LogP contribution in [0.4, 0.5) is 0 Å². The fourth-order valence-electron chi connectivity index (χ4n) is 1.83. The van der Waals surface area contributed by atoms with Gasteiger partial charge in [0, 0.05) is 18.0 Å². The van der Waals surface area contributed by atoms with Gasteiger partial charge < -0.3 is 10.6 Å². The van der Waals surface area contributed by atoms with Crippen molar-refractivity contribution < 1.29 is 4.79 Å². The summed E-state index contributed by atoms with van der Waals surface area (Å²) in [5.41, 5.74) is 5.70. The lowest BCUT2D eigenvalue weighted by Crippen LogP contribution is -2.40. The predicted molar refractivity (Wildman–Crippen MR) is 72.8 cm³/mol. The molecule has 2 N–H and O–H groups in total. The molecule has 1 unspecified atom stereocenters. The first kappa shape index (κ1) is 14.2. The van der Waals surface area contributed by atoms with Gasteiger partial charge in [-0.25, -0.2) is 0 Å². The second kappa shape index (κ2) is 6.77. The zero-order chi connectivity index (χ0) is 12.8. The van der Waals surface area contributed by atoms with E-state index in [2.05, 4.69) is 19.9 Å². The van der Waals surface area contributed by atoms with Crippen molar-refractivity contribution in [3.05, 3.63) is 22.4 Å². The van der Waals surface area contributed by atoms with E-state index in [1.807, 2.05) is 23.3 Å². The van der Waals surface area contributed by atoms with E-state index in [0.29, 0.717) is 19.0 Å². The fourth-order valence-corrected chi connectivity index (χ4v) is 2.55. The van der Waals surface area contributed by atoms with Crippen molar-refractivity contribution in [2.75, 3.05) is 13.1 Å². The van der Waals surface area contributed by atoms with Gasteiger partial charge in [0.2, 0.25) is 5.91 Å². The van der Waals surface area contributed by atoms with Crippen LogP contribution in [0.25, 0.3) is 0 Å². The van der Waals surface area contributed by atoms with Crippen molar-refractivity contribution in [1.29, 1.82) is 0 Å².